The zero-order chi connectivity index (χ0) is 14.2. The predicted molar refractivity (Wildman–Crippen MR) is 92.3 cm³/mol. The highest BCUT2D eigenvalue weighted by Gasteiger charge is 2.15. The van der Waals surface area contributed by atoms with Crippen LogP contribution in [-0.2, 0) is 6.42 Å². The highest BCUT2D eigenvalue weighted by Crippen LogP contribution is 2.36. The lowest BCUT2D eigenvalue weighted by atomic mass is 9.84. The lowest BCUT2D eigenvalue weighted by Crippen LogP contribution is -2.01. The molecule has 4 rings (SSSR count). The third-order valence-corrected chi connectivity index (χ3v) is 4.61. The van der Waals surface area contributed by atoms with Crippen molar-refractivity contribution in [2.24, 2.45) is 0 Å². The number of rotatable bonds is 2. The van der Waals surface area contributed by atoms with Crippen LogP contribution in [0.2, 0.25) is 0 Å². The van der Waals surface area contributed by atoms with E-state index in [-0.39, 0.29) is 0 Å². The second kappa shape index (κ2) is 5.04. The van der Waals surface area contributed by atoms with Crippen LogP contribution < -0.4 is 0 Å². The van der Waals surface area contributed by atoms with E-state index in [2.05, 4.69) is 61.5 Å². The van der Waals surface area contributed by atoms with Gasteiger partial charge < -0.3 is 0 Å². The molecule has 21 heavy (non-hydrogen) atoms. The number of fused-ring (bicyclic) bond motifs is 5. The third-order valence-electron chi connectivity index (χ3n) is 4.61. The van der Waals surface area contributed by atoms with E-state index < -0.39 is 0 Å². The van der Waals surface area contributed by atoms with Crippen LogP contribution in [0.1, 0.15) is 30.4 Å². The van der Waals surface area contributed by atoms with E-state index >= 15 is 0 Å². The summed E-state index contributed by atoms with van der Waals surface area (Å²) in [6.07, 6.45) is 6.79. The zero-order valence-corrected chi connectivity index (χ0v) is 12.2. The Labute approximate surface area is 126 Å². The van der Waals surface area contributed by atoms with Crippen LogP contribution in [0.4, 0.5) is 0 Å². The van der Waals surface area contributed by atoms with Crippen LogP contribution in [0.3, 0.4) is 0 Å². The van der Waals surface area contributed by atoms with Gasteiger partial charge in [0.2, 0.25) is 0 Å². The maximum absolute atomic E-state index is 4.02. The lowest BCUT2D eigenvalue weighted by molar-refractivity contribution is 0.956. The highest BCUT2D eigenvalue weighted by atomic mass is 14.2. The molecule has 0 saturated carbocycles. The quantitative estimate of drug-likeness (QED) is 0.506. The zero-order valence-electron chi connectivity index (χ0n) is 12.2. The van der Waals surface area contributed by atoms with E-state index in [1.165, 1.54) is 38.2 Å². The van der Waals surface area contributed by atoms with Gasteiger partial charge in [-0.15, -0.1) is 0 Å². The highest BCUT2D eigenvalue weighted by molar-refractivity contribution is 6.09. The minimum absolute atomic E-state index is 0.973. The van der Waals surface area contributed by atoms with Crippen LogP contribution in [0, 0.1) is 6.92 Å². The molecular formula is C21H19. The molecule has 0 saturated heterocycles. The molecule has 0 spiro atoms. The second-order valence-electron chi connectivity index (χ2n) is 5.85. The summed E-state index contributed by atoms with van der Waals surface area (Å²) in [6.45, 7) is 4.02. The first kappa shape index (κ1) is 12.6. The van der Waals surface area contributed by atoms with Gasteiger partial charge in [-0.3, -0.25) is 0 Å². The van der Waals surface area contributed by atoms with E-state index in [0.717, 1.165) is 25.7 Å². The van der Waals surface area contributed by atoms with E-state index in [1.807, 2.05) is 0 Å². The third kappa shape index (κ3) is 1.98. The van der Waals surface area contributed by atoms with Crippen molar-refractivity contribution in [2.75, 3.05) is 0 Å². The first-order valence-corrected chi connectivity index (χ1v) is 7.80. The Bertz CT molecular complexity index is 852. The van der Waals surface area contributed by atoms with Gasteiger partial charge in [-0.05, 0) is 63.9 Å². The molecule has 0 heteroatoms. The normalized spacial score (nSPS) is 14.2. The Morgan fingerprint density at radius 3 is 2.62 bits per heavy atom. The Morgan fingerprint density at radius 2 is 1.71 bits per heavy atom. The Morgan fingerprint density at radius 1 is 0.857 bits per heavy atom. The summed E-state index contributed by atoms with van der Waals surface area (Å²) in [5.74, 6) is 0. The minimum Gasteiger partial charge on any atom is -0.0804 e. The molecule has 0 aromatic heterocycles. The van der Waals surface area contributed by atoms with Crippen molar-refractivity contribution < 1.29 is 0 Å². The molecule has 1 aliphatic carbocycles. The summed E-state index contributed by atoms with van der Waals surface area (Å²) >= 11 is 0. The number of aryl methyl sites for hydroxylation is 1. The number of hydrogen-bond donors (Lipinski definition) is 0. The summed E-state index contributed by atoms with van der Waals surface area (Å²) in [5.41, 5.74) is 4.47. The first-order valence-electron chi connectivity index (χ1n) is 7.80. The fourth-order valence-corrected chi connectivity index (χ4v) is 3.65. The van der Waals surface area contributed by atoms with Gasteiger partial charge in [0.05, 0.1) is 0 Å². The number of hydrogen-bond acceptors (Lipinski definition) is 0. The van der Waals surface area contributed by atoms with Gasteiger partial charge in [0.25, 0.3) is 0 Å². The topological polar surface area (TPSA) is 0 Å². The van der Waals surface area contributed by atoms with Crippen molar-refractivity contribution in [1.82, 2.24) is 0 Å². The van der Waals surface area contributed by atoms with E-state index in [0.29, 0.717) is 0 Å². The van der Waals surface area contributed by atoms with Crippen LogP contribution >= 0.6 is 0 Å². The maximum atomic E-state index is 4.02. The second-order valence-corrected chi connectivity index (χ2v) is 5.85. The first-order chi connectivity index (χ1) is 10.4. The molecule has 0 unspecified atom stereocenters. The molecule has 0 fully saturated rings. The van der Waals surface area contributed by atoms with Gasteiger partial charge in [0.1, 0.15) is 0 Å². The van der Waals surface area contributed by atoms with Gasteiger partial charge >= 0.3 is 0 Å². The van der Waals surface area contributed by atoms with Crippen LogP contribution in [-0.4, -0.2) is 0 Å². The molecule has 0 amide bonds. The average Bonchev–Trinajstić information content (AvgIpc) is 2.55. The summed E-state index contributed by atoms with van der Waals surface area (Å²) in [7, 11) is 0. The van der Waals surface area contributed by atoms with Crippen LogP contribution in [0.25, 0.3) is 27.1 Å². The summed E-state index contributed by atoms with van der Waals surface area (Å²) in [5, 5.41) is 5.52. The van der Waals surface area contributed by atoms with Gasteiger partial charge in [0.15, 0.2) is 0 Å². The standard InChI is InChI=1S/C21H19/c1-2-6-15-8-5-10-19-18(15)13-14-20-17-9-4-3-7-16(17)11-12-21(19)20/h3-4,7-9,11-14H,1-2,5-6,10H2. The smallest absolute Gasteiger partial charge is 0.0102 e. The average molecular weight is 271 g/mol. The Kier molecular flexibility index (Phi) is 3.03. The molecule has 103 valence electrons. The Hall–Kier alpha value is -2.08. The minimum atomic E-state index is 0.973. The fraction of sp³-hybridized carbons (Fsp3) is 0.190. The largest absolute Gasteiger partial charge is 0.0804 e. The molecule has 1 aliphatic rings. The Balaban J connectivity index is 2.02. The summed E-state index contributed by atoms with van der Waals surface area (Å²) < 4.78 is 0. The van der Waals surface area contributed by atoms with E-state index in [4.69, 9.17) is 0 Å². The molecule has 0 atom stereocenters. The predicted octanol–water partition coefficient (Wildman–Crippen LogP) is 5.94. The van der Waals surface area contributed by atoms with E-state index in [1.54, 1.807) is 0 Å². The van der Waals surface area contributed by atoms with Crippen molar-refractivity contribution in [3.8, 4) is 0 Å². The summed E-state index contributed by atoms with van der Waals surface area (Å²) in [4.78, 5) is 0. The molecule has 0 heterocycles. The van der Waals surface area contributed by atoms with Crippen molar-refractivity contribution in [3.63, 3.8) is 0 Å². The molecule has 0 bridgehead atoms. The molecule has 3 aromatic rings. The van der Waals surface area contributed by atoms with Gasteiger partial charge in [-0.25, -0.2) is 0 Å². The van der Waals surface area contributed by atoms with Crippen molar-refractivity contribution in [2.45, 2.75) is 25.7 Å². The number of benzene rings is 3. The molecule has 0 N–H and O–H groups in total. The molecule has 0 aliphatic heterocycles. The van der Waals surface area contributed by atoms with Gasteiger partial charge in [0, 0.05) is 0 Å². The summed E-state index contributed by atoms with van der Waals surface area (Å²) in [6, 6.07) is 17.9. The SMILES string of the molecule is [CH2]CCC1=CCCc2c1ccc1c2ccc2ccccc21. The molecular weight excluding hydrogens is 252 g/mol. The van der Waals surface area contributed by atoms with E-state index in [9.17, 15) is 0 Å². The molecule has 0 nitrogen and oxygen atoms in total. The monoisotopic (exact) mass is 271 g/mol. The number of allylic oxidation sites excluding steroid dienone is 2. The lowest BCUT2D eigenvalue weighted by Gasteiger charge is -2.20. The maximum Gasteiger partial charge on any atom is -0.0102 e. The van der Waals surface area contributed by atoms with Crippen LogP contribution in [0.15, 0.2) is 54.6 Å². The fourth-order valence-electron chi connectivity index (χ4n) is 3.65. The van der Waals surface area contributed by atoms with Crippen LogP contribution in [0.5, 0.6) is 0 Å². The van der Waals surface area contributed by atoms with Crippen molar-refractivity contribution >= 4 is 27.1 Å². The van der Waals surface area contributed by atoms with Crippen molar-refractivity contribution in [3.05, 3.63) is 72.7 Å². The van der Waals surface area contributed by atoms with Gasteiger partial charge in [-0.1, -0.05) is 61.5 Å². The van der Waals surface area contributed by atoms with Crippen molar-refractivity contribution in [1.29, 1.82) is 0 Å². The molecule has 3 aromatic carbocycles. The van der Waals surface area contributed by atoms with Gasteiger partial charge in [-0.2, -0.15) is 0 Å². The molecule has 1 radical (unpaired) electrons.